The first-order valence-corrected chi connectivity index (χ1v) is 9.15. The van der Waals surface area contributed by atoms with E-state index in [1.807, 2.05) is 86.5 Å². The van der Waals surface area contributed by atoms with Gasteiger partial charge in [-0.3, -0.25) is 0 Å². The summed E-state index contributed by atoms with van der Waals surface area (Å²) in [6, 6.07) is 16.1. The smallest absolute Gasteiger partial charge is 0.242 e. The van der Waals surface area contributed by atoms with E-state index in [2.05, 4.69) is 15.3 Å². The summed E-state index contributed by atoms with van der Waals surface area (Å²) in [4.78, 5) is 5.47. The van der Waals surface area contributed by atoms with E-state index in [0.29, 0.717) is 4.77 Å². The molecule has 0 spiro atoms. The van der Waals surface area contributed by atoms with Gasteiger partial charge in [-0.2, -0.15) is 14.9 Å². The quantitative estimate of drug-likeness (QED) is 0.476. The Morgan fingerprint density at radius 3 is 1.71 bits per heavy atom. The Kier molecular flexibility index (Phi) is 6.00. The van der Waals surface area contributed by atoms with E-state index in [0.717, 1.165) is 22.5 Å². The zero-order valence-electron chi connectivity index (χ0n) is 16.4. The van der Waals surface area contributed by atoms with E-state index in [-0.39, 0.29) is 0 Å². The minimum Gasteiger partial charge on any atom is -0.378 e. The monoisotopic (exact) mass is 393 g/mol. The van der Waals surface area contributed by atoms with Crippen LogP contribution in [0.4, 0.5) is 11.4 Å². The van der Waals surface area contributed by atoms with Crippen LogP contribution in [0, 0.1) is 4.77 Å². The van der Waals surface area contributed by atoms with E-state index < -0.39 is 0 Å². The van der Waals surface area contributed by atoms with Gasteiger partial charge in [0, 0.05) is 39.6 Å². The third-order valence-corrected chi connectivity index (χ3v) is 4.45. The highest BCUT2D eigenvalue weighted by molar-refractivity contribution is 7.71. The maximum absolute atomic E-state index is 5.39. The van der Waals surface area contributed by atoms with Gasteiger partial charge in [0.1, 0.15) is 6.33 Å². The molecule has 0 aliphatic carbocycles. The summed E-state index contributed by atoms with van der Waals surface area (Å²) in [6.45, 7) is 0. The molecular formula is C20H23N7S. The molecule has 0 fully saturated rings. The van der Waals surface area contributed by atoms with E-state index in [1.54, 1.807) is 18.8 Å². The van der Waals surface area contributed by atoms with Crippen molar-refractivity contribution < 1.29 is 0 Å². The molecule has 28 heavy (non-hydrogen) atoms. The summed E-state index contributed by atoms with van der Waals surface area (Å²) in [5.74, 6) is 0. The summed E-state index contributed by atoms with van der Waals surface area (Å²) in [5.41, 5.74) is 4.21. The first-order chi connectivity index (χ1) is 13.4. The third kappa shape index (κ3) is 4.72. The fourth-order valence-electron chi connectivity index (χ4n) is 2.41. The zero-order valence-corrected chi connectivity index (χ0v) is 17.2. The molecule has 0 amide bonds. The second kappa shape index (κ2) is 8.62. The molecule has 3 rings (SSSR count). The van der Waals surface area contributed by atoms with Crippen molar-refractivity contribution in [3.63, 3.8) is 0 Å². The average molecular weight is 394 g/mol. The van der Waals surface area contributed by atoms with Crippen molar-refractivity contribution in [1.29, 1.82) is 0 Å². The molecular weight excluding hydrogens is 370 g/mol. The van der Waals surface area contributed by atoms with Gasteiger partial charge in [0.2, 0.25) is 4.77 Å². The number of nitrogens with zero attached hydrogens (tertiary/aromatic N) is 7. The summed E-state index contributed by atoms with van der Waals surface area (Å²) >= 11 is 5.39. The van der Waals surface area contributed by atoms with Gasteiger partial charge in [0.05, 0.1) is 12.4 Å². The molecule has 0 saturated heterocycles. The number of hydrogen-bond donors (Lipinski definition) is 0. The van der Waals surface area contributed by atoms with Gasteiger partial charge >= 0.3 is 0 Å². The van der Waals surface area contributed by atoms with Gasteiger partial charge in [-0.1, -0.05) is 24.3 Å². The van der Waals surface area contributed by atoms with Crippen molar-refractivity contribution in [2.24, 2.45) is 10.2 Å². The molecule has 1 heterocycles. The van der Waals surface area contributed by atoms with Crippen LogP contribution in [0.15, 0.2) is 65.1 Å². The molecule has 1 aromatic heterocycles. The Hall–Kier alpha value is -3.26. The molecule has 0 unspecified atom stereocenters. The van der Waals surface area contributed by atoms with Crippen LogP contribution >= 0.6 is 12.2 Å². The predicted molar refractivity (Wildman–Crippen MR) is 119 cm³/mol. The lowest BCUT2D eigenvalue weighted by Gasteiger charge is -2.11. The number of anilines is 2. The van der Waals surface area contributed by atoms with Crippen LogP contribution < -0.4 is 9.80 Å². The lowest BCUT2D eigenvalue weighted by molar-refractivity contribution is 0.718. The second-order valence-electron chi connectivity index (χ2n) is 6.61. The molecule has 2 aromatic carbocycles. The van der Waals surface area contributed by atoms with Crippen molar-refractivity contribution in [3.8, 4) is 0 Å². The fourth-order valence-corrected chi connectivity index (χ4v) is 2.60. The van der Waals surface area contributed by atoms with Crippen LogP contribution in [-0.4, -0.2) is 55.2 Å². The maximum Gasteiger partial charge on any atom is 0.242 e. The van der Waals surface area contributed by atoms with Crippen molar-refractivity contribution in [1.82, 2.24) is 14.6 Å². The van der Waals surface area contributed by atoms with Crippen LogP contribution in [0.25, 0.3) is 0 Å². The molecule has 8 heteroatoms. The Morgan fingerprint density at radius 2 is 1.25 bits per heavy atom. The van der Waals surface area contributed by atoms with Crippen LogP contribution in [0.1, 0.15) is 11.1 Å². The van der Waals surface area contributed by atoms with E-state index >= 15 is 0 Å². The van der Waals surface area contributed by atoms with Crippen LogP contribution in [0.5, 0.6) is 0 Å². The molecule has 0 radical (unpaired) electrons. The van der Waals surface area contributed by atoms with Crippen molar-refractivity contribution >= 4 is 36.0 Å². The molecule has 7 nitrogen and oxygen atoms in total. The normalized spacial score (nSPS) is 11.4. The topological polar surface area (TPSA) is 54.0 Å². The molecule has 0 atom stereocenters. The number of hydrogen-bond acceptors (Lipinski definition) is 6. The summed E-state index contributed by atoms with van der Waals surface area (Å²) in [6.07, 6.45) is 5.00. The molecule has 0 saturated carbocycles. The Morgan fingerprint density at radius 1 is 0.786 bits per heavy atom. The molecule has 0 bridgehead atoms. The Bertz CT molecular complexity index is 944. The number of benzene rings is 2. The molecule has 0 aliphatic rings. The van der Waals surface area contributed by atoms with Crippen molar-refractivity contribution in [2.75, 3.05) is 38.0 Å². The lowest BCUT2D eigenvalue weighted by Crippen LogP contribution is -2.08. The summed E-state index contributed by atoms with van der Waals surface area (Å²) in [5, 5.41) is 12.9. The second-order valence-corrected chi connectivity index (χ2v) is 6.97. The summed E-state index contributed by atoms with van der Waals surface area (Å²) in [7, 11) is 8.03. The fraction of sp³-hybridized carbons (Fsp3) is 0.200. The van der Waals surface area contributed by atoms with Gasteiger partial charge in [0.25, 0.3) is 0 Å². The highest BCUT2D eigenvalue weighted by Gasteiger charge is 1.99. The minimum absolute atomic E-state index is 0.391. The lowest BCUT2D eigenvalue weighted by atomic mass is 10.2. The largest absolute Gasteiger partial charge is 0.378 e. The highest BCUT2D eigenvalue weighted by atomic mass is 32.1. The van der Waals surface area contributed by atoms with Gasteiger partial charge in [-0.15, -0.1) is 9.89 Å². The number of rotatable bonds is 6. The van der Waals surface area contributed by atoms with Crippen molar-refractivity contribution in [2.45, 2.75) is 0 Å². The third-order valence-electron chi connectivity index (χ3n) is 4.10. The van der Waals surface area contributed by atoms with Gasteiger partial charge in [-0.05, 0) is 47.6 Å². The zero-order chi connectivity index (χ0) is 20.1. The molecule has 0 N–H and O–H groups in total. The first kappa shape index (κ1) is 19.5. The number of aromatic nitrogens is 3. The van der Waals surface area contributed by atoms with Crippen molar-refractivity contribution in [3.05, 3.63) is 70.8 Å². The van der Waals surface area contributed by atoms with Gasteiger partial charge < -0.3 is 9.80 Å². The Labute approximate surface area is 169 Å². The van der Waals surface area contributed by atoms with E-state index in [9.17, 15) is 0 Å². The van der Waals surface area contributed by atoms with Crippen LogP contribution in [0.3, 0.4) is 0 Å². The van der Waals surface area contributed by atoms with E-state index in [4.69, 9.17) is 12.2 Å². The average Bonchev–Trinajstić information content (AvgIpc) is 3.05. The maximum atomic E-state index is 5.39. The molecule has 144 valence electrons. The van der Waals surface area contributed by atoms with Gasteiger partial charge in [-0.25, -0.2) is 0 Å². The van der Waals surface area contributed by atoms with E-state index in [1.165, 1.54) is 9.47 Å². The Balaban J connectivity index is 1.71. The SMILES string of the molecule is CN(C)c1ccc(/C=N/n2cnn(/N=C/c3ccc(N(C)C)cc3)c2=S)cc1. The van der Waals surface area contributed by atoms with Crippen LogP contribution in [0.2, 0.25) is 0 Å². The highest BCUT2D eigenvalue weighted by Crippen LogP contribution is 2.12. The first-order valence-electron chi connectivity index (χ1n) is 8.74. The minimum atomic E-state index is 0.391. The van der Waals surface area contributed by atoms with Crippen LogP contribution in [-0.2, 0) is 0 Å². The summed E-state index contributed by atoms with van der Waals surface area (Å²) < 4.78 is 1.91. The predicted octanol–water partition coefficient (Wildman–Crippen LogP) is 3.31. The molecule has 3 aromatic rings. The standard InChI is InChI=1S/C20H23N7S/c1-24(2)18-9-5-16(6-10-18)13-21-26-15-23-27(20(26)28)22-14-17-7-11-19(12-8-17)25(3)4/h5-15H,1-4H3/b21-13+,22-14+. The molecule has 0 aliphatic heterocycles. The van der Waals surface area contributed by atoms with Gasteiger partial charge in [0.15, 0.2) is 0 Å².